The maximum absolute atomic E-state index is 12.9. The van der Waals surface area contributed by atoms with Crippen molar-refractivity contribution in [3.8, 4) is 0 Å². The topological polar surface area (TPSA) is 90.9 Å². The Morgan fingerprint density at radius 1 is 1.00 bits per heavy atom. The lowest BCUT2D eigenvalue weighted by Crippen LogP contribution is -2.49. The minimum Gasteiger partial charge on any atom is -0.323 e. The lowest BCUT2D eigenvalue weighted by molar-refractivity contribution is -0.137. The third kappa shape index (κ3) is 3.58. The monoisotopic (exact) mass is 404 g/mol. The zero-order valence-electron chi connectivity index (χ0n) is 16.8. The molecule has 4 amide bonds. The smallest absolute Gasteiger partial charge is 0.323 e. The number of hydrogen-bond donors (Lipinski definition) is 2. The second-order valence-corrected chi connectivity index (χ2v) is 7.74. The van der Waals surface area contributed by atoms with Crippen LogP contribution in [-0.2, 0) is 9.59 Å². The molecule has 4 rings (SSSR count). The van der Waals surface area contributed by atoms with Crippen LogP contribution in [0.15, 0.2) is 65.8 Å². The minimum absolute atomic E-state index is 0.317. The molecule has 1 heterocycles. The van der Waals surface area contributed by atoms with Gasteiger partial charge < -0.3 is 5.32 Å². The first-order valence-corrected chi connectivity index (χ1v) is 10.2. The highest BCUT2D eigenvalue weighted by Gasteiger charge is 2.54. The number of hydrogen-bond acceptors (Lipinski definition) is 4. The second-order valence-electron chi connectivity index (χ2n) is 7.74. The molecule has 2 aromatic carbocycles. The van der Waals surface area contributed by atoms with Gasteiger partial charge >= 0.3 is 6.03 Å². The van der Waals surface area contributed by atoms with Crippen molar-refractivity contribution < 1.29 is 14.4 Å². The number of carbonyl (C=O) groups excluding carboxylic acids is 3. The van der Waals surface area contributed by atoms with Crippen LogP contribution in [0.1, 0.15) is 43.7 Å². The highest BCUT2D eigenvalue weighted by Crippen LogP contribution is 2.35. The van der Waals surface area contributed by atoms with Crippen molar-refractivity contribution in [2.75, 3.05) is 0 Å². The van der Waals surface area contributed by atoms with Crippen LogP contribution < -0.4 is 10.7 Å². The lowest BCUT2D eigenvalue weighted by Gasteiger charge is -2.23. The average Bonchev–Trinajstić information content (AvgIpc) is 3.33. The van der Waals surface area contributed by atoms with Gasteiger partial charge in [-0.15, -0.1) is 0 Å². The van der Waals surface area contributed by atoms with E-state index in [1.165, 1.54) is 0 Å². The van der Waals surface area contributed by atoms with Gasteiger partial charge in [0.2, 0.25) is 0 Å². The molecule has 154 valence electrons. The van der Waals surface area contributed by atoms with Crippen LogP contribution in [-0.4, -0.2) is 40.0 Å². The van der Waals surface area contributed by atoms with Crippen molar-refractivity contribution in [2.24, 2.45) is 5.10 Å². The molecule has 2 fully saturated rings. The van der Waals surface area contributed by atoms with E-state index in [-0.39, 0.29) is 5.91 Å². The van der Waals surface area contributed by atoms with Gasteiger partial charge in [-0.05, 0) is 19.8 Å². The number of amides is 4. The number of rotatable bonds is 5. The van der Waals surface area contributed by atoms with Crippen LogP contribution >= 0.6 is 0 Å². The Hall–Kier alpha value is -3.48. The number of imide groups is 1. The fourth-order valence-electron chi connectivity index (χ4n) is 4.12. The summed E-state index contributed by atoms with van der Waals surface area (Å²) in [4.78, 5) is 39.2. The van der Waals surface area contributed by atoms with E-state index in [4.69, 9.17) is 0 Å². The van der Waals surface area contributed by atoms with Gasteiger partial charge in [-0.1, -0.05) is 73.5 Å². The fraction of sp³-hybridized carbons (Fsp3) is 0.304. The first-order chi connectivity index (χ1) is 14.5. The Morgan fingerprint density at radius 2 is 1.53 bits per heavy atom. The molecule has 1 aliphatic carbocycles. The summed E-state index contributed by atoms with van der Waals surface area (Å²) in [6.07, 6.45) is 3.02. The molecule has 1 atom stereocenters. The van der Waals surface area contributed by atoms with Gasteiger partial charge in [0.05, 0.1) is 5.71 Å². The van der Waals surface area contributed by atoms with Gasteiger partial charge in [-0.2, -0.15) is 5.10 Å². The van der Waals surface area contributed by atoms with Crippen LogP contribution in [0, 0.1) is 0 Å². The molecule has 2 aromatic rings. The Labute approximate surface area is 175 Å². The molecule has 7 nitrogen and oxygen atoms in total. The van der Waals surface area contributed by atoms with Crippen LogP contribution in [0.5, 0.6) is 0 Å². The standard InChI is InChI=1S/C23H24N4O3/c1-16(27-21(29)23(24-22(27)30)14-8-9-15-23)20(28)26-25-19(17-10-4-2-5-11-17)18-12-6-3-7-13-18/h2-7,10-13,16H,8-9,14-15H2,1H3,(H,24,30)(H,26,28). The molecular weight excluding hydrogens is 380 g/mol. The third-order valence-electron chi connectivity index (χ3n) is 5.79. The number of nitrogens with one attached hydrogen (secondary N) is 2. The maximum atomic E-state index is 12.9. The molecule has 30 heavy (non-hydrogen) atoms. The molecule has 1 saturated heterocycles. The van der Waals surface area contributed by atoms with Gasteiger partial charge in [0.25, 0.3) is 11.8 Å². The molecule has 2 N–H and O–H groups in total. The van der Waals surface area contributed by atoms with Gasteiger partial charge in [0.15, 0.2) is 0 Å². The van der Waals surface area contributed by atoms with Gasteiger partial charge in [0.1, 0.15) is 11.6 Å². The van der Waals surface area contributed by atoms with E-state index in [1.54, 1.807) is 6.92 Å². The van der Waals surface area contributed by atoms with Gasteiger partial charge in [-0.3, -0.25) is 9.59 Å². The van der Waals surface area contributed by atoms with E-state index in [0.717, 1.165) is 28.9 Å². The Bertz CT molecular complexity index is 941. The summed E-state index contributed by atoms with van der Waals surface area (Å²) in [7, 11) is 0. The van der Waals surface area contributed by atoms with Crippen LogP contribution in [0.3, 0.4) is 0 Å². The normalized spacial score (nSPS) is 18.2. The molecule has 1 spiro atoms. The van der Waals surface area contributed by atoms with E-state index in [0.29, 0.717) is 18.6 Å². The molecule has 2 aliphatic rings. The highest BCUT2D eigenvalue weighted by molar-refractivity contribution is 6.13. The van der Waals surface area contributed by atoms with Crippen LogP contribution in [0.2, 0.25) is 0 Å². The lowest BCUT2D eigenvalue weighted by atomic mass is 9.97. The summed E-state index contributed by atoms with van der Waals surface area (Å²) < 4.78 is 0. The fourth-order valence-corrected chi connectivity index (χ4v) is 4.12. The molecule has 1 saturated carbocycles. The second kappa shape index (κ2) is 8.10. The quantitative estimate of drug-likeness (QED) is 0.456. The summed E-state index contributed by atoms with van der Waals surface area (Å²) in [5, 5.41) is 7.15. The van der Waals surface area contributed by atoms with Crippen molar-refractivity contribution in [3.05, 3.63) is 71.8 Å². The molecule has 1 unspecified atom stereocenters. The first-order valence-electron chi connectivity index (χ1n) is 10.2. The predicted octanol–water partition coefficient (Wildman–Crippen LogP) is 2.81. The van der Waals surface area contributed by atoms with Crippen molar-refractivity contribution in [1.29, 1.82) is 0 Å². The Kier molecular flexibility index (Phi) is 5.35. The van der Waals surface area contributed by atoms with Gasteiger partial charge in [0, 0.05) is 11.1 Å². The SMILES string of the molecule is CC(C(=O)NN=C(c1ccccc1)c1ccccc1)N1C(=O)NC2(CCCC2)C1=O. The summed E-state index contributed by atoms with van der Waals surface area (Å²) in [5.74, 6) is -0.833. The van der Waals surface area contributed by atoms with Crippen molar-refractivity contribution in [2.45, 2.75) is 44.2 Å². The summed E-state index contributed by atoms with van der Waals surface area (Å²) in [5.41, 5.74) is 4.00. The Balaban J connectivity index is 1.55. The number of benzene rings is 2. The molecule has 7 heteroatoms. The Morgan fingerprint density at radius 3 is 2.07 bits per heavy atom. The molecule has 1 aliphatic heterocycles. The summed E-state index contributed by atoms with van der Waals surface area (Å²) in [6.45, 7) is 1.54. The maximum Gasteiger partial charge on any atom is 0.325 e. The molecule has 0 radical (unpaired) electrons. The number of carbonyl (C=O) groups is 3. The predicted molar refractivity (Wildman–Crippen MR) is 113 cm³/mol. The molecule has 0 bridgehead atoms. The van der Waals surface area contributed by atoms with Crippen LogP contribution in [0.4, 0.5) is 4.79 Å². The van der Waals surface area contributed by atoms with E-state index in [2.05, 4.69) is 15.8 Å². The van der Waals surface area contributed by atoms with E-state index in [9.17, 15) is 14.4 Å². The van der Waals surface area contributed by atoms with Crippen LogP contribution in [0.25, 0.3) is 0 Å². The van der Waals surface area contributed by atoms with E-state index < -0.39 is 23.5 Å². The van der Waals surface area contributed by atoms with Crippen molar-refractivity contribution >= 4 is 23.6 Å². The van der Waals surface area contributed by atoms with Crippen molar-refractivity contribution in [3.63, 3.8) is 0 Å². The number of urea groups is 1. The van der Waals surface area contributed by atoms with E-state index in [1.807, 2.05) is 60.7 Å². The minimum atomic E-state index is -0.964. The summed E-state index contributed by atoms with van der Waals surface area (Å²) >= 11 is 0. The number of nitrogens with zero attached hydrogens (tertiary/aromatic N) is 2. The summed E-state index contributed by atoms with van der Waals surface area (Å²) in [6, 6.07) is 17.5. The molecular formula is C23H24N4O3. The highest BCUT2D eigenvalue weighted by atomic mass is 16.2. The molecule has 0 aromatic heterocycles. The number of hydrazone groups is 1. The third-order valence-corrected chi connectivity index (χ3v) is 5.79. The zero-order chi connectivity index (χ0) is 21.1. The zero-order valence-corrected chi connectivity index (χ0v) is 16.8. The largest absolute Gasteiger partial charge is 0.325 e. The van der Waals surface area contributed by atoms with Gasteiger partial charge in [-0.25, -0.2) is 15.1 Å². The van der Waals surface area contributed by atoms with Crippen molar-refractivity contribution in [1.82, 2.24) is 15.6 Å². The van der Waals surface area contributed by atoms with E-state index >= 15 is 0 Å². The average molecular weight is 404 g/mol. The first kappa shape index (κ1) is 19.8.